The topological polar surface area (TPSA) is 72.9 Å². The Kier molecular flexibility index (Phi) is 4.18. The van der Waals surface area contributed by atoms with Crippen molar-refractivity contribution in [2.24, 2.45) is 0 Å². The molecule has 0 N–H and O–H groups in total. The van der Waals surface area contributed by atoms with Gasteiger partial charge in [-0.25, -0.2) is 9.18 Å². The Morgan fingerprint density at radius 1 is 1.08 bits per heavy atom. The van der Waals surface area contributed by atoms with Crippen LogP contribution in [0.25, 0.3) is 0 Å². The van der Waals surface area contributed by atoms with Crippen molar-refractivity contribution in [1.29, 1.82) is 0 Å². The van der Waals surface area contributed by atoms with Crippen LogP contribution in [0.15, 0.2) is 42.5 Å². The van der Waals surface area contributed by atoms with Crippen LogP contribution >= 0.6 is 11.6 Å². The van der Waals surface area contributed by atoms with Gasteiger partial charge in [-0.2, -0.15) is 0 Å². The quantitative estimate of drug-likeness (QED) is 0.793. The number of rotatable bonds is 4. The van der Waals surface area contributed by atoms with E-state index in [1.165, 1.54) is 18.2 Å². The molecular weight excluding hydrogens is 341 g/mol. The van der Waals surface area contributed by atoms with E-state index in [9.17, 15) is 18.8 Å². The summed E-state index contributed by atoms with van der Waals surface area (Å²) in [6.07, 6.45) is 0. The molecule has 1 heterocycles. The first-order valence-electron chi connectivity index (χ1n) is 6.74. The van der Waals surface area contributed by atoms with E-state index in [1.807, 2.05) is 0 Å². The first-order valence-corrected chi connectivity index (χ1v) is 7.11. The van der Waals surface area contributed by atoms with Gasteiger partial charge in [0.2, 0.25) is 0 Å². The zero-order valence-corrected chi connectivity index (χ0v) is 12.7. The van der Waals surface area contributed by atoms with Crippen molar-refractivity contribution in [2.75, 3.05) is 6.61 Å². The summed E-state index contributed by atoms with van der Waals surface area (Å²) < 4.78 is 18.0. The highest BCUT2D eigenvalue weighted by molar-refractivity contribution is 6.32. The molecule has 6 nitrogen and oxygen atoms in total. The second-order valence-corrected chi connectivity index (χ2v) is 5.18. The second-order valence-electron chi connectivity index (χ2n) is 4.78. The molecule has 1 aliphatic rings. The van der Waals surface area contributed by atoms with Crippen molar-refractivity contribution >= 4 is 29.4 Å². The van der Waals surface area contributed by atoms with Crippen LogP contribution < -0.4 is 4.74 Å². The lowest BCUT2D eigenvalue weighted by Crippen LogP contribution is -2.34. The third-order valence-electron chi connectivity index (χ3n) is 3.19. The molecule has 2 aromatic carbocycles. The third-order valence-corrected chi connectivity index (χ3v) is 3.48. The van der Waals surface area contributed by atoms with Crippen LogP contribution in [0.2, 0.25) is 5.02 Å². The zero-order valence-electron chi connectivity index (χ0n) is 12.0. The van der Waals surface area contributed by atoms with E-state index in [4.69, 9.17) is 21.2 Å². The van der Waals surface area contributed by atoms with Crippen molar-refractivity contribution in [3.8, 4) is 5.75 Å². The highest BCUT2D eigenvalue weighted by atomic mass is 35.5. The molecule has 3 rings (SSSR count). The maximum atomic E-state index is 12.9. The Bertz CT molecular complexity index is 819. The van der Waals surface area contributed by atoms with Gasteiger partial charge < -0.3 is 9.57 Å². The normalized spacial score (nSPS) is 13.0. The van der Waals surface area contributed by atoms with Crippen molar-refractivity contribution in [3.63, 3.8) is 0 Å². The SMILES string of the molecule is O=C(COc1ccc(F)cc1Cl)ON1C(=O)c2ccccc2C1=O. The van der Waals surface area contributed by atoms with Crippen LogP contribution in [0.3, 0.4) is 0 Å². The van der Waals surface area contributed by atoms with E-state index in [-0.39, 0.29) is 21.9 Å². The average Bonchev–Trinajstić information content (AvgIpc) is 2.79. The predicted molar refractivity (Wildman–Crippen MR) is 79.9 cm³/mol. The third kappa shape index (κ3) is 2.93. The number of carbonyl (C=O) groups is 3. The van der Waals surface area contributed by atoms with Crippen LogP contribution in [0.1, 0.15) is 20.7 Å². The van der Waals surface area contributed by atoms with Gasteiger partial charge in [0.15, 0.2) is 6.61 Å². The fourth-order valence-corrected chi connectivity index (χ4v) is 2.33. The zero-order chi connectivity index (χ0) is 17.3. The van der Waals surface area contributed by atoms with Crippen LogP contribution in [0, 0.1) is 5.82 Å². The Labute approximate surface area is 140 Å². The first-order chi connectivity index (χ1) is 11.5. The van der Waals surface area contributed by atoms with Gasteiger partial charge in [0.1, 0.15) is 11.6 Å². The molecule has 0 saturated heterocycles. The molecule has 0 unspecified atom stereocenters. The Morgan fingerprint density at radius 2 is 1.71 bits per heavy atom. The van der Waals surface area contributed by atoms with Gasteiger partial charge in [-0.1, -0.05) is 28.8 Å². The van der Waals surface area contributed by atoms with E-state index in [0.29, 0.717) is 5.06 Å². The number of nitrogens with zero attached hydrogens (tertiary/aromatic N) is 1. The molecule has 122 valence electrons. The van der Waals surface area contributed by atoms with E-state index in [2.05, 4.69) is 0 Å². The maximum absolute atomic E-state index is 12.9. The standard InChI is InChI=1S/C16H9ClFNO5/c17-12-7-9(18)5-6-13(12)23-8-14(20)24-19-15(21)10-3-1-2-4-11(10)16(19)22/h1-7H,8H2. The molecule has 0 bridgehead atoms. The highest BCUT2D eigenvalue weighted by Gasteiger charge is 2.38. The lowest BCUT2D eigenvalue weighted by molar-refractivity contribution is -0.170. The van der Waals surface area contributed by atoms with Gasteiger partial charge in [-0.3, -0.25) is 9.59 Å². The predicted octanol–water partition coefficient (Wildman–Crippen LogP) is 2.61. The monoisotopic (exact) mass is 349 g/mol. The van der Waals surface area contributed by atoms with Gasteiger partial charge in [0.05, 0.1) is 16.1 Å². The number of benzene rings is 2. The fourth-order valence-electron chi connectivity index (χ4n) is 2.11. The molecule has 0 radical (unpaired) electrons. The number of amides is 2. The summed E-state index contributed by atoms with van der Waals surface area (Å²) in [6, 6.07) is 9.47. The number of halogens is 2. The van der Waals surface area contributed by atoms with E-state index < -0.39 is 30.2 Å². The minimum Gasteiger partial charge on any atom is -0.480 e. The van der Waals surface area contributed by atoms with E-state index in [0.717, 1.165) is 12.1 Å². The van der Waals surface area contributed by atoms with E-state index in [1.54, 1.807) is 12.1 Å². The number of fused-ring (bicyclic) bond motifs is 1. The van der Waals surface area contributed by atoms with Gasteiger partial charge in [0.25, 0.3) is 11.8 Å². The molecule has 0 aliphatic carbocycles. The van der Waals surface area contributed by atoms with Crippen molar-refractivity contribution in [2.45, 2.75) is 0 Å². The van der Waals surface area contributed by atoms with Crippen LogP contribution in [-0.4, -0.2) is 29.5 Å². The lowest BCUT2D eigenvalue weighted by atomic mass is 10.1. The summed E-state index contributed by atoms with van der Waals surface area (Å²) in [5, 5.41) is 0.353. The molecule has 24 heavy (non-hydrogen) atoms. The average molecular weight is 350 g/mol. The molecule has 2 amide bonds. The lowest BCUT2D eigenvalue weighted by Gasteiger charge is -2.13. The van der Waals surface area contributed by atoms with Crippen LogP contribution in [-0.2, 0) is 9.63 Å². The number of carbonyl (C=O) groups excluding carboxylic acids is 3. The molecule has 1 aliphatic heterocycles. The maximum Gasteiger partial charge on any atom is 0.370 e. The molecular formula is C16H9ClFNO5. The molecule has 8 heteroatoms. The van der Waals surface area contributed by atoms with Gasteiger partial charge >= 0.3 is 5.97 Å². The number of imide groups is 1. The summed E-state index contributed by atoms with van der Waals surface area (Å²) >= 11 is 5.75. The van der Waals surface area contributed by atoms with Crippen LogP contribution in [0.4, 0.5) is 4.39 Å². The van der Waals surface area contributed by atoms with Crippen LogP contribution in [0.5, 0.6) is 5.75 Å². The summed E-state index contributed by atoms with van der Waals surface area (Å²) in [5.74, 6) is -2.93. The molecule has 0 fully saturated rings. The molecule has 0 spiro atoms. The van der Waals surface area contributed by atoms with Gasteiger partial charge in [-0.15, -0.1) is 0 Å². The van der Waals surface area contributed by atoms with E-state index >= 15 is 0 Å². The van der Waals surface area contributed by atoms with Crippen molar-refractivity contribution < 1.29 is 28.3 Å². The Hall–Kier alpha value is -2.93. The Balaban J connectivity index is 1.64. The second kappa shape index (κ2) is 6.29. The number of hydroxylamine groups is 2. The number of hydrogen-bond acceptors (Lipinski definition) is 5. The minimum absolute atomic E-state index is 0.0245. The molecule has 0 atom stereocenters. The molecule has 2 aromatic rings. The minimum atomic E-state index is -0.982. The summed E-state index contributed by atoms with van der Waals surface area (Å²) in [4.78, 5) is 40.6. The fraction of sp³-hybridized carbons (Fsp3) is 0.0625. The number of ether oxygens (including phenoxy) is 1. The molecule has 0 saturated carbocycles. The van der Waals surface area contributed by atoms with Crippen molar-refractivity contribution in [3.05, 3.63) is 64.4 Å². The number of hydrogen-bond donors (Lipinski definition) is 0. The van der Waals surface area contributed by atoms with Gasteiger partial charge in [0, 0.05) is 0 Å². The Morgan fingerprint density at radius 3 is 2.29 bits per heavy atom. The smallest absolute Gasteiger partial charge is 0.370 e. The molecule has 0 aromatic heterocycles. The summed E-state index contributed by atoms with van der Waals surface area (Å²) in [7, 11) is 0. The highest BCUT2D eigenvalue weighted by Crippen LogP contribution is 2.25. The summed E-state index contributed by atoms with van der Waals surface area (Å²) in [6.45, 7) is -0.612. The largest absolute Gasteiger partial charge is 0.480 e. The first kappa shape index (κ1) is 15.9. The van der Waals surface area contributed by atoms with Gasteiger partial charge in [-0.05, 0) is 30.3 Å². The summed E-state index contributed by atoms with van der Waals surface area (Å²) in [5.41, 5.74) is 0.301. The van der Waals surface area contributed by atoms with Crippen molar-refractivity contribution in [1.82, 2.24) is 5.06 Å².